The van der Waals surface area contributed by atoms with Crippen LogP contribution >= 0.6 is 0 Å². The lowest BCUT2D eigenvalue weighted by Gasteiger charge is -2.17. The van der Waals surface area contributed by atoms with Gasteiger partial charge in [0.15, 0.2) is 0 Å². The lowest BCUT2D eigenvalue weighted by atomic mass is 10.0. The molecular weight excluding hydrogens is 234 g/mol. The van der Waals surface area contributed by atoms with Gasteiger partial charge in [-0.05, 0) is 43.5 Å². The van der Waals surface area contributed by atoms with Crippen LogP contribution in [0.1, 0.15) is 23.1 Å². The van der Waals surface area contributed by atoms with Crippen molar-refractivity contribution in [2.75, 3.05) is 19.0 Å². The Hall–Kier alpha value is -2.08. The summed E-state index contributed by atoms with van der Waals surface area (Å²) in [6, 6.07) is 8.70. The average Bonchev–Trinajstić information content (AvgIpc) is 2.34. The molecule has 1 aromatic heterocycles. The molecule has 19 heavy (non-hydrogen) atoms. The quantitative estimate of drug-likeness (QED) is 0.842. The standard InChI is InChI=1S/C16H19N3/c1-11-8-12(2)15-14(9-11)10-13(6-5-7-17)16(18-15)19(3)4/h8-10H,5-6H2,1-4H3. The van der Waals surface area contributed by atoms with Crippen LogP contribution in [0.4, 0.5) is 5.82 Å². The molecule has 3 heteroatoms. The molecule has 0 radical (unpaired) electrons. The molecule has 0 fully saturated rings. The summed E-state index contributed by atoms with van der Waals surface area (Å²) in [7, 11) is 3.99. The van der Waals surface area contributed by atoms with Crippen LogP contribution in [0.25, 0.3) is 10.9 Å². The molecule has 0 saturated carbocycles. The normalized spacial score (nSPS) is 10.5. The largest absolute Gasteiger partial charge is 0.362 e. The van der Waals surface area contributed by atoms with Gasteiger partial charge < -0.3 is 4.90 Å². The van der Waals surface area contributed by atoms with E-state index in [0.717, 1.165) is 28.7 Å². The smallest absolute Gasteiger partial charge is 0.132 e. The van der Waals surface area contributed by atoms with Gasteiger partial charge in [-0.25, -0.2) is 4.98 Å². The third-order valence-corrected chi connectivity index (χ3v) is 3.24. The van der Waals surface area contributed by atoms with Gasteiger partial charge in [0.2, 0.25) is 0 Å². The number of nitrogens with zero attached hydrogens (tertiary/aromatic N) is 3. The highest BCUT2D eigenvalue weighted by Gasteiger charge is 2.10. The molecule has 0 amide bonds. The highest BCUT2D eigenvalue weighted by atomic mass is 15.1. The topological polar surface area (TPSA) is 39.9 Å². The maximum atomic E-state index is 8.77. The first-order valence-electron chi connectivity index (χ1n) is 6.48. The Balaban J connectivity index is 2.66. The van der Waals surface area contributed by atoms with Crippen LogP contribution in [0, 0.1) is 25.2 Å². The van der Waals surface area contributed by atoms with Gasteiger partial charge in [-0.15, -0.1) is 0 Å². The zero-order valence-electron chi connectivity index (χ0n) is 12.0. The molecule has 0 bridgehead atoms. The van der Waals surface area contributed by atoms with Crippen molar-refractivity contribution in [3.63, 3.8) is 0 Å². The second-order valence-corrected chi connectivity index (χ2v) is 5.18. The van der Waals surface area contributed by atoms with E-state index in [1.165, 1.54) is 11.1 Å². The van der Waals surface area contributed by atoms with Crippen LogP contribution < -0.4 is 4.90 Å². The second kappa shape index (κ2) is 5.27. The molecule has 2 rings (SSSR count). The van der Waals surface area contributed by atoms with E-state index in [2.05, 4.69) is 38.1 Å². The van der Waals surface area contributed by atoms with Crippen molar-refractivity contribution in [1.29, 1.82) is 5.26 Å². The molecule has 0 aliphatic carbocycles. The average molecular weight is 253 g/mol. The van der Waals surface area contributed by atoms with E-state index in [9.17, 15) is 0 Å². The number of anilines is 1. The first-order chi connectivity index (χ1) is 9.02. The van der Waals surface area contributed by atoms with Crippen molar-refractivity contribution in [2.45, 2.75) is 26.7 Å². The van der Waals surface area contributed by atoms with Crippen LogP contribution in [-0.2, 0) is 6.42 Å². The predicted octanol–water partition coefficient (Wildman–Crippen LogP) is 3.37. The fourth-order valence-corrected chi connectivity index (χ4v) is 2.45. The van der Waals surface area contributed by atoms with E-state index in [-0.39, 0.29) is 0 Å². The lowest BCUT2D eigenvalue weighted by molar-refractivity contribution is 0.968. The molecule has 0 unspecified atom stereocenters. The summed E-state index contributed by atoms with van der Waals surface area (Å²) in [4.78, 5) is 6.80. The Morgan fingerprint density at radius 3 is 2.58 bits per heavy atom. The molecule has 0 aliphatic rings. The summed E-state index contributed by atoms with van der Waals surface area (Å²) >= 11 is 0. The van der Waals surface area contributed by atoms with E-state index in [0.29, 0.717) is 6.42 Å². The Morgan fingerprint density at radius 2 is 1.95 bits per heavy atom. The number of benzene rings is 1. The van der Waals surface area contributed by atoms with Crippen molar-refractivity contribution in [3.8, 4) is 6.07 Å². The maximum Gasteiger partial charge on any atom is 0.132 e. The maximum absolute atomic E-state index is 8.77. The molecule has 0 aliphatic heterocycles. The highest BCUT2D eigenvalue weighted by Crippen LogP contribution is 2.26. The summed E-state index contributed by atoms with van der Waals surface area (Å²) in [6.45, 7) is 4.19. The number of rotatable bonds is 3. The predicted molar refractivity (Wildman–Crippen MR) is 79.5 cm³/mol. The van der Waals surface area contributed by atoms with Gasteiger partial charge in [0.05, 0.1) is 11.6 Å². The number of aromatic nitrogens is 1. The minimum atomic E-state index is 0.527. The lowest BCUT2D eigenvalue weighted by Crippen LogP contribution is -2.13. The van der Waals surface area contributed by atoms with Crippen LogP contribution in [-0.4, -0.2) is 19.1 Å². The monoisotopic (exact) mass is 253 g/mol. The number of hydrogen-bond donors (Lipinski definition) is 0. The van der Waals surface area contributed by atoms with Gasteiger partial charge in [-0.3, -0.25) is 0 Å². The Labute approximate surface area is 114 Å². The SMILES string of the molecule is Cc1cc(C)c2nc(N(C)C)c(CCC#N)cc2c1. The number of nitriles is 1. The minimum absolute atomic E-state index is 0.527. The van der Waals surface area contributed by atoms with E-state index >= 15 is 0 Å². The Bertz CT molecular complexity index is 651. The summed E-state index contributed by atoms with van der Waals surface area (Å²) < 4.78 is 0. The van der Waals surface area contributed by atoms with E-state index in [1.807, 2.05) is 19.0 Å². The zero-order valence-corrected chi connectivity index (χ0v) is 12.0. The summed E-state index contributed by atoms with van der Waals surface area (Å²) in [5.41, 5.74) is 4.64. The molecule has 3 nitrogen and oxygen atoms in total. The molecule has 0 atom stereocenters. The van der Waals surface area contributed by atoms with Crippen molar-refractivity contribution in [3.05, 3.63) is 34.9 Å². The third-order valence-electron chi connectivity index (χ3n) is 3.24. The molecule has 1 heterocycles. The number of aryl methyl sites for hydroxylation is 3. The van der Waals surface area contributed by atoms with Crippen molar-refractivity contribution >= 4 is 16.7 Å². The molecule has 1 aromatic carbocycles. The first-order valence-corrected chi connectivity index (χ1v) is 6.48. The minimum Gasteiger partial charge on any atom is -0.362 e. The first kappa shape index (κ1) is 13.4. The van der Waals surface area contributed by atoms with Crippen LogP contribution in [0.15, 0.2) is 18.2 Å². The van der Waals surface area contributed by atoms with Gasteiger partial charge in [-0.2, -0.15) is 5.26 Å². The molecule has 0 spiro atoms. The van der Waals surface area contributed by atoms with Crippen LogP contribution in [0.5, 0.6) is 0 Å². The Kier molecular flexibility index (Phi) is 3.71. The summed E-state index contributed by atoms with van der Waals surface area (Å²) in [6.07, 6.45) is 1.28. The fraction of sp³-hybridized carbons (Fsp3) is 0.375. The summed E-state index contributed by atoms with van der Waals surface area (Å²) in [5.74, 6) is 0.967. The van der Waals surface area contributed by atoms with Gasteiger partial charge in [0, 0.05) is 25.9 Å². The highest BCUT2D eigenvalue weighted by molar-refractivity contribution is 5.85. The summed E-state index contributed by atoms with van der Waals surface area (Å²) in [5, 5.41) is 9.94. The van der Waals surface area contributed by atoms with Crippen molar-refractivity contribution in [2.24, 2.45) is 0 Å². The molecule has 2 aromatic rings. The van der Waals surface area contributed by atoms with Gasteiger partial charge in [-0.1, -0.05) is 11.6 Å². The van der Waals surface area contributed by atoms with Crippen LogP contribution in [0.3, 0.4) is 0 Å². The van der Waals surface area contributed by atoms with Crippen molar-refractivity contribution in [1.82, 2.24) is 4.98 Å². The van der Waals surface area contributed by atoms with Gasteiger partial charge >= 0.3 is 0 Å². The van der Waals surface area contributed by atoms with Crippen molar-refractivity contribution < 1.29 is 0 Å². The van der Waals surface area contributed by atoms with E-state index < -0.39 is 0 Å². The number of fused-ring (bicyclic) bond motifs is 1. The fourth-order valence-electron chi connectivity index (χ4n) is 2.45. The van der Waals surface area contributed by atoms with E-state index in [4.69, 9.17) is 10.2 Å². The molecular formula is C16H19N3. The van der Waals surface area contributed by atoms with Crippen LogP contribution in [0.2, 0.25) is 0 Å². The molecule has 0 saturated heterocycles. The zero-order chi connectivity index (χ0) is 14.0. The van der Waals surface area contributed by atoms with E-state index in [1.54, 1.807) is 0 Å². The molecule has 98 valence electrons. The van der Waals surface area contributed by atoms with Gasteiger partial charge in [0.25, 0.3) is 0 Å². The second-order valence-electron chi connectivity index (χ2n) is 5.18. The third kappa shape index (κ3) is 2.68. The molecule has 0 N–H and O–H groups in total. The van der Waals surface area contributed by atoms with Gasteiger partial charge in [0.1, 0.15) is 5.82 Å². The number of hydrogen-bond acceptors (Lipinski definition) is 3. The Morgan fingerprint density at radius 1 is 1.21 bits per heavy atom. The number of pyridine rings is 1.